The number of anilines is 1. The van der Waals surface area contributed by atoms with Crippen LogP contribution in [-0.2, 0) is 6.54 Å². The molecule has 1 rings (SSSR count). The first-order valence-electron chi connectivity index (χ1n) is 6.27. The second-order valence-electron chi connectivity index (χ2n) is 4.64. The Morgan fingerprint density at radius 2 is 1.90 bits per heavy atom. The molecule has 0 atom stereocenters. The van der Waals surface area contributed by atoms with Crippen LogP contribution in [0, 0.1) is 17.0 Å². The fourth-order valence-corrected chi connectivity index (χ4v) is 1.81. The number of aliphatic hydroxyl groups excluding tert-OH is 3. The van der Waals surface area contributed by atoms with Gasteiger partial charge in [-0.1, -0.05) is 6.92 Å². The van der Waals surface area contributed by atoms with Gasteiger partial charge in [0.1, 0.15) is 11.2 Å². The first kappa shape index (κ1) is 16.3. The van der Waals surface area contributed by atoms with E-state index in [4.69, 9.17) is 0 Å². The molecule has 0 bridgehead atoms. The highest BCUT2D eigenvalue weighted by Gasteiger charge is 2.34. The molecule has 9 heteroatoms. The van der Waals surface area contributed by atoms with Crippen molar-refractivity contribution in [1.82, 2.24) is 9.78 Å². The largest absolute Gasteiger partial charge is 0.394 e. The number of nitrogens with zero attached hydrogens (tertiary/aromatic N) is 3. The van der Waals surface area contributed by atoms with Gasteiger partial charge in [-0.3, -0.25) is 10.1 Å². The molecule has 0 radical (unpaired) electrons. The lowest BCUT2D eigenvalue weighted by Crippen LogP contribution is -2.49. The highest BCUT2D eigenvalue weighted by molar-refractivity contribution is 5.61. The molecule has 20 heavy (non-hydrogen) atoms. The maximum atomic E-state index is 11.1. The third-order valence-electron chi connectivity index (χ3n) is 3.01. The Morgan fingerprint density at radius 1 is 1.35 bits per heavy atom. The molecular weight excluding hydrogens is 268 g/mol. The van der Waals surface area contributed by atoms with E-state index >= 15 is 0 Å². The van der Waals surface area contributed by atoms with Gasteiger partial charge in [-0.05, 0) is 13.3 Å². The fourth-order valence-electron chi connectivity index (χ4n) is 1.81. The van der Waals surface area contributed by atoms with E-state index in [0.29, 0.717) is 13.0 Å². The lowest BCUT2D eigenvalue weighted by atomic mass is 10.0. The van der Waals surface area contributed by atoms with Crippen LogP contribution in [0.25, 0.3) is 0 Å². The molecular formula is C11H20N4O5. The van der Waals surface area contributed by atoms with Crippen molar-refractivity contribution in [3.8, 4) is 0 Å². The summed E-state index contributed by atoms with van der Waals surface area (Å²) in [6.07, 6.45) is 0.706. The molecule has 0 saturated heterocycles. The molecule has 0 amide bonds. The van der Waals surface area contributed by atoms with Crippen molar-refractivity contribution in [2.75, 3.05) is 25.1 Å². The lowest BCUT2D eigenvalue weighted by Gasteiger charge is -2.29. The monoisotopic (exact) mass is 288 g/mol. The molecule has 0 aliphatic heterocycles. The Hall–Kier alpha value is -1.71. The van der Waals surface area contributed by atoms with Gasteiger partial charge in [0, 0.05) is 6.54 Å². The summed E-state index contributed by atoms with van der Waals surface area (Å²) < 4.78 is 1.41. The summed E-state index contributed by atoms with van der Waals surface area (Å²) in [5, 5.41) is 45.8. The van der Waals surface area contributed by atoms with E-state index in [1.54, 1.807) is 0 Å². The van der Waals surface area contributed by atoms with Crippen molar-refractivity contribution in [2.45, 2.75) is 32.4 Å². The third kappa shape index (κ3) is 3.06. The van der Waals surface area contributed by atoms with E-state index in [1.807, 2.05) is 6.92 Å². The summed E-state index contributed by atoms with van der Waals surface area (Å²) in [6.45, 7) is 2.11. The van der Waals surface area contributed by atoms with Gasteiger partial charge in [0.05, 0.1) is 24.7 Å². The Morgan fingerprint density at radius 3 is 2.30 bits per heavy atom. The predicted molar refractivity (Wildman–Crippen MR) is 71.5 cm³/mol. The van der Waals surface area contributed by atoms with Crippen LogP contribution in [0.4, 0.5) is 11.5 Å². The van der Waals surface area contributed by atoms with E-state index in [0.717, 1.165) is 0 Å². The number of nitrogens with one attached hydrogen (secondary N) is 1. The fraction of sp³-hybridized carbons (Fsp3) is 0.727. The van der Waals surface area contributed by atoms with Gasteiger partial charge < -0.3 is 20.6 Å². The summed E-state index contributed by atoms with van der Waals surface area (Å²) >= 11 is 0. The summed E-state index contributed by atoms with van der Waals surface area (Å²) in [4.78, 5) is 10.6. The minimum Gasteiger partial charge on any atom is -0.394 e. The standard InChI is InChI=1S/C11H20N4O5/c1-3-4-14-10(9(15(19)20)8(2)13-14)12-11(5-16,6-17)7-18/h12,16-18H,3-7H2,1-2H3. The van der Waals surface area contributed by atoms with E-state index in [1.165, 1.54) is 11.6 Å². The SMILES string of the molecule is CCCn1nc(C)c([N+](=O)[O-])c1NC(CO)(CO)CO. The van der Waals surface area contributed by atoms with Gasteiger partial charge >= 0.3 is 5.69 Å². The Bertz CT molecular complexity index is 461. The highest BCUT2D eigenvalue weighted by Crippen LogP contribution is 2.30. The number of rotatable bonds is 8. The van der Waals surface area contributed by atoms with E-state index in [9.17, 15) is 25.4 Å². The molecule has 1 aromatic rings. The molecule has 4 N–H and O–H groups in total. The summed E-state index contributed by atoms with van der Waals surface area (Å²) in [5.41, 5.74) is -1.44. The molecule has 1 heterocycles. The Kier molecular flexibility index (Phi) is 5.43. The quantitative estimate of drug-likeness (QED) is 0.379. The molecule has 114 valence electrons. The molecule has 0 fully saturated rings. The van der Waals surface area contributed by atoms with Crippen LogP contribution in [0.3, 0.4) is 0 Å². The zero-order valence-electron chi connectivity index (χ0n) is 11.5. The van der Waals surface area contributed by atoms with Crippen molar-refractivity contribution in [3.63, 3.8) is 0 Å². The van der Waals surface area contributed by atoms with Crippen LogP contribution in [0.15, 0.2) is 0 Å². The minimum absolute atomic E-state index is 0.0755. The first-order valence-corrected chi connectivity index (χ1v) is 6.27. The van der Waals surface area contributed by atoms with Crippen LogP contribution in [0.5, 0.6) is 0 Å². The molecule has 0 aliphatic carbocycles. The second kappa shape index (κ2) is 6.64. The average Bonchev–Trinajstić information content (AvgIpc) is 2.72. The lowest BCUT2D eigenvalue weighted by molar-refractivity contribution is -0.384. The van der Waals surface area contributed by atoms with Gasteiger partial charge in [0.15, 0.2) is 0 Å². The van der Waals surface area contributed by atoms with Crippen molar-refractivity contribution in [2.24, 2.45) is 0 Å². The number of aromatic nitrogens is 2. The molecule has 0 unspecified atom stereocenters. The number of nitro groups is 1. The molecule has 9 nitrogen and oxygen atoms in total. The summed E-state index contributed by atoms with van der Waals surface area (Å²) in [6, 6.07) is 0. The molecule has 0 saturated carbocycles. The molecule has 0 spiro atoms. The average molecular weight is 288 g/mol. The second-order valence-corrected chi connectivity index (χ2v) is 4.64. The van der Waals surface area contributed by atoms with Crippen LogP contribution < -0.4 is 5.32 Å². The van der Waals surface area contributed by atoms with Crippen molar-refractivity contribution in [1.29, 1.82) is 0 Å². The molecule has 0 aliphatic rings. The number of aryl methyl sites for hydroxylation is 2. The van der Waals surface area contributed by atoms with Crippen molar-refractivity contribution in [3.05, 3.63) is 15.8 Å². The van der Waals surface area contributed by atoms with Gasteiger partial charge in [0.25, 0.3) is 0 Å². The van der Waals surface area contributed by atoms with Crippen molar-refractivity contribution < 1.29 is 20.2 Å². The first-order chi connectivity index (χ1) is 9.44. The predicted octanol–water partition coefficient (Wildman–Crippen LogP) is -0.363. The summed E-state index contributed by atoms with van der Waals surface area (Å²) in [7, 11) is 0. The van der Waals surface area contributed by atoms with Gasteiger partial charge in [-0.15, -0.1) is 0 Å². The zero-order chi connectivity index (χ0) is 15.3. The highest BCUT2D eigenvalue weighted by atomic mass is 16.6. The van der Waals surface area contributed by atoms with E-state index in [-0.39, 0.29) is 17.2 Å². The van der Waals surface area contributed by atoms with Crippen molar-refractivity contribution >= 4 is 11.5 Å². The van der Waals surface area contributed by atoms with E-state index < -0.39 is 30.3 Å². The van der Waals surface area contributed by atoms with E-state index in [2.05, 4.69) is 10.4 Å². The Labute approximate surface area is 116 Å². The van der Waals surface area contributed by atoms with Gasteiger partial charge in [-0.2, -0.15) is 5.10 Å². The maximum absolute atomic E-state index is 11.1. The third-order valence-corrected chi connectivity index (χ3v) is 3.01. The molecule has 0 aromatic carbocycles. The van der Waals surface area contributed by atoms with Gasteiger partial charge in [-0.25, -0.2) is 4.68 Å². The van der Waals surface area contributed by atoms with Crippen LogP contribution >= 0.6 is 0 Å². The summed E-state index contributed by atoms with van der Waals surface area (Å²) in [5.74, 6) is 0.0755. The minimum atomic E-state index is -1.44. The zero-order valence-corrected chi connectivity index (χ0v) is 11.5. The number of aliphatic hydroxyl groups is 3. The number of hydrogen-bond donors (Lipinski definition) is 4. The Balaban J connectivity index is 3.29. The molecule has 1 aromatic heterocycles. The normalized spacial score (nSPS) is 11.7. The van der Waals surface area contributed by atoms with Crippen LogP contribution in [0.2, 0.25) is 0 Å². The van der Waals surface area contributed by atoms with Crippen LogP contribution in [-0.4, -0.2) is 55.4 Å². The smallest absolute Gasteiger partial charge is 0.333 e. The number of hydrogen-bond acceptors (Lipinski definition) is 7. The maximum Gasteiger partial charge on any atom is 0.333 e. The topological polar surface area (TPSA) is 134 Å². The van der Waals surface area contributed by atoms with Crippen LogP contribution in [0.1, 0.15) is 19.0 Å². The van der Waals surface area contributed by atoms with Gasteiger partial charge in [0.2, 0.25) is 5.82 Å².